The summed E-state index contributed by atoms with van der Waals surface area (Å²) < 4.78 is 0. The lowest BCUT2D eigenvalue weighted by Gasteiger charge is -1.32. The average molecular weight is 75.0 g/mol. The Kier molecular flexibility index (Phi) is 529. The molecule has 0 fully saturated rings. The van der Waals surface area contributed by atoms with Crippen LogP contribution in [-0.4, -0.2) is 5.21 Å². The van der Waals surface area contributed by atoms with Gasteiger partial charge in [0.05, 0.1) is 0 Å². The van der Waals surface area contributed by atoms with Gasteiger partial charge in [-0.3, -0.25) is 0 Å². The highest BCUT2D eigenvalue weighted by atomic mass is 16.6. The fourth-order valence-electron chi connectivity index (χ4n) is 0. The molecule has 5 nitrogen and oxygen atoms in total. The Morgan fingerprint density at radius 1 is 1.60 bits per heavy atom. The fourth-order valence-corrected chi connectivity index (χ4v) is 0. The van der Waals surface area contributed by atoms with E-state index >= 15 is 0 Å². The Balaban J connectivity index is 0. The summed E-state index contributed by atoms with van der Waals surface area (Å²) in [7, 11) is 0. The lowest BCUT2D eigenvalue weighted by molar-refractivity contribution is 0.312. The Bertz CT molecular complexity index is 29.1. The van der Waals surface area contributed by atoms with Gasteiger partial charge in [0.15, 0.2) is 5.34 Å². The second kappa shape index (κ2) is 288. The van der Waals surface area contributed by atoms with Crippen molar-refractivity contribution in [3.63, 3.8) is 0 Å². The van der Waals surface area contributed by atoms with Gasteiger partial charge in [-0.2, -0.15) is 0 Å². The highest BCUT2D eigenvalue weighted by Crippen LogP contribution is 1.25. The van der Waals surface area contributed by atoms with Gasteiger partial charge in [0.1, 0.15) is 0 Å². The molecule has 0 aromatic carbocycles. The van der Waals surface area contributed by atoms with Crippen molar-refractivity contribution in [1.82, 2.24) is 0 Å². The molecule has 0 amide bonds. The van der Waals surface area contributed by atoms with Crippen LogP contribution in [0.2, 0.25) is 0 Å². The first-order valence-corrected chi connectivity index (χ1v) is 0.583. The van der Waals surface area contributed by atoms with Gasteiger partial charge in [0, 0.05) is 10.8 Å². The quantitative estimate of drug-likeness (QED) is 0.252. The molecule has 1 N–H and O–H groups in total. The fraction of sp³-hybridized carbons (Fsp3) is 0. The third kappa shape index (κ3) is 1.36. The zero-order valence-electron chi connectivity index (χ0n) is 2.20. The highest BCUT2D eigenvalue weighted by molar-refractivity contribution is 3.83. The Labute approximate surface area is 27.6 Å². The van der Waals surface area contributed by atoms with Crippen molar-refractivity contribution in [3.8, 4) is 0 Å². The van der Waals surface area contributed by atoms with Crippen molar-refractivity contribution in [1.29, 1.82) is 10.8 Å². The first kappa shape index (κ1) is 9.17. The molecule has 0 aliphatic carbocycles. The third-order valence-electron chi connectivity index (χ3n) is 0. The maximum atomic E-state index is 8.11. The molecule has 0 aliphatic rings. The number of rotatable bonds is 0. The van der Waals surface area contributed by atoms with Gasteiger partial charge in [-0.05, 0) is 0 Å². The second-order valence-corrected chi connectivity index (χ2v) is 0.0816. The molecular weight excluding hydrogens is 74.0 g/mol. The van der Waals surface area contributed by atoms with Crippen molar-refractivity contribution in [2.24, 2.45) is 5.34 Å². The number of hydrogen-bond donors (Lipinski definition) is 1. The molecule has 0 radical (unpaired) electrons. The van der Waals surface area contributed by atoms with Gasteiger partial charge in [-0.1, -0.05) is 0 Å². The van der Waals surface area contributed by atoms with Crippen LogP contribution in [0.3, 0.4) is 0 Å². The molecule has 5 heavy (non-hydrogen) atoms. The maximum absolute atomic E-state index is 8.11. The van der Waals surface area contributed by atoms with E-state index < -0.39 is 0 Å². The van der Waals surface area contributed by atoms with Crippen molar-refractivity contribution in [2.45, 2.75) is 0 Å². The zero-order valence-corrected chi connectivity index (χ0v) is 2.20. The van der Waals surface area contributed by atoms with Gasteiger partial charge in [0.25, 0.3) is 0 Å². The molecule has 0 rings (SSSR count). The van der Waals surface area contributed by atoms with Crippen molar-refractivity contribution in [2.75, 3.05) is 0 Å². The van der Waals surface area contributed by atoms with Crippen LogP contribution in [0.5, 0.6) is 0 Å². The van der Waals surface area contributed by atoms with Crippen LogP contribution in [0.25, 0.3) is 0 Å². The van der Waals surface area contributed by atoms with E-state index in [2.05, 4.69) is 0 Å². The van der Waals surface area contributed by atoms with Crippen LogP contribution in [-0.2, 0) is 0 Å². The van der Waals surface area contributed by atoms with Crippen LogP contribution in [0.1, 0.15) is 0 Å². The standard InChI is InChI=1S/N2.HNO2/c1-2;2-1-3/h;(H,2,3). The summed E-state index contributed by atoms with van der Waals surface area (Å²) in [6, 6.07) is 0. The maximum Gasteiger partial charge on any atom is 0.152 e. The van der Waals surface area contributed by atoms with E-state index in [0.717, 1.165) is 0 Å². The lowest BCUT2D eigenvalue weighted by atomic mass is 13.4. The summed E-state index contributed by atoms with van der Waals surface area (Å²) in [5, 5.41) is 19.9. The van der Waals surface area contributed by atoms with Gasteiger partial charge >= 0.3 is 0 Å². The van der Waals surface area contributed by atoms with Gasteiger partial charge in [-0.15, -0.1) is 4.91 Å². The summed E-state index contributed by atoms with van der Waals surface area (Å²) >= 11 is 0. The molecule has 0 heterocycles. The Morgan fingerprint density at radius 2 is 1.60 bits per heavy atom. The SMILES string of the molecule is N#N.O=NO. The minimum Gasteiger partial charge on any atom is -0.379 e. The highest BCUT2D eigenvalue weighted by Gasteiger charge is 1.18. The average Bonchev–Trinajstić information content (AvgIpc) is 1.46. The van der Waals surface area contributed by atoms with E-state index in [4.69, 9.17) is 20.9 Å². The molecule has 0 aliphatic heterocycles. The van der Waals surface area contributed by atoms with Crippen LogP contribution in [0, 0.1) is 15.7 Å². The molecule has 0 atom stereocenters. The summed E-state index contributed by atoms with van der Waals surface area (Å²) in [5.41, 5.74) is 0. The van der Waals surface area contributed by atoms with E-state index in [0.29, 0.717) is 0 Å². The number of hydrogen-bond acceptors (Lipinski definition) is 4. The lowest BCUT2D eigenvalue weighted by Crippen LogP contribution is -1.25. The summed E-state index contributed by atoms with van der Waals surface area (Å²) in [5.74, 6) is 0. The smallest absolute Gasteiger partial charge is 0.152 e. The predicted molar refractivity (Wildman–Crippen MR) is 11.0 cm³/mol. The largest absolute Gasteiger partial charge is 0.379 e. The van der Waals surface area contributed by atoms with Crippen LogP contribution in [0.4, 0.5) is 0 Å². The Morgan fingerprint density at radius 3 is 1.60 bits per heavy atom. The van der Waals surface area contributed by atoms with Crippen LogP contribution < -0.4 is 0 Å². The van der Waals surface area contributed by atoms with E-state index in [1.165, 1.54) is 5.34 Å². The molecule has 5 heteroatoms. The van der Waals surface area contributed by atoms with E-state index in [9.17, 15) is 0 Å². The van der Waals surface area contributed by atoms with E-state index in [-0.39, 0.29) is 0 Å². The Hall–Kier alpha value is -1.18. The first-order valence-electron chi connectivity index (χ1n) is 0.583. The molecule has 0 aromatic rings. The minimum absolute atomic E-state index is 1.25. The first-order chi connectivity index (χ1) is 2.41. The number of nitrogens with zero attached hydrogens (tertiary/aromatic N) is 3. The van der Waals surface area contributed by atoms with Crippen molar-refractivity contribution in [3.05, 3.63) is 4.91 Å². The molecule has 28 valence electrons. The van der Waals surface area contributed by atoms with E-state index in [1.54, 1.807) is 0 Å². The summed E-state index contributed by atoms with van der Waals surface area (Å²) in [4.78, 5) is 8.11. The summed E-state index contributed by atoms with van der Waals surface area (Å²) in [6.07, 6.45) is 0. The predicted octanol–water partition coefficient (Wildman–Crippen LogP) is 0.172. The molecule has 0 bridgehead atoms. The normalized spacial score (nSPS) is 2.80. The summed E-state index contributed by atoms with van der Waals surface area (Å²) in [6.45, 7) is 0. The molecular formula is HN3O2. The van der Waals surface area contributed by atoms with Crippen molar-refractivity contribution < 1.29 is 5.21 Å². The van der Waals surface area contributed by atoms with Crippen LogP contribution in [0.15, 0.2) is 5.34 Å². The topological polar surface area (TPSA) is 97.2 Å². The van der Waals surface area contributed by atoms with Crippen molar-refractivity contribution >= 4 is 0 Å². The van der Waals surface area contributed by atoms with Gasteiger partial charge in [-0.25, -0.2) is 0 Å². The monoisotopic (exact) mass is 75.0 g/mol. The van der Waals surface area contributed by atoms with E-state index in [1.807, 2.05) is 0 Å². The molecule has 0 aromatic heterocycles. The molecule has 0 saturated carbocycles. The molecule has 0 spiro atoms. The van der Waals surface area contributed by atoms with Gasteiger partial charge < -0.3 is 5.21 Å². The minimum atomic E-state index is 1.25. The molecule has 0 saturated heterocycles. The third-order valence-corrected chi connectivity index (χ3v) is 0. The zero-order chi connectivity index (χ0) is 4.71. The van der Waals surface area contributed by atoms with Crippen LogP contribution >= 0.6 is 0 Å². The second-order valence-electron chi connectivity index (χ2n) is 0.0816. The molecule has 0 unspecified atom stereocenters. The van der Waals surface area contributed by atoms with Gasteiger partial charge in [0.2, 0.25) is 0 Å².